The van der Waals surface area contributed by atoms with Crippen molar-refractivity contribution in [3.05, 3.63) is 101 Å². The summed E-state index contributed by atoms with van der Waals surface area (Å²) in [6, 6.07) is 24.8. The van der Waals surface area contributed by atoms with Crippen LogP contribution in [-0.2, 0) is 13.1 Å². The highest BCUT2D eigenvalue weighted by molar-refractivity contribution is 5.57. The molecule has 0 spiro atoms. The molecule has 0 bridgehead atoms. The molecule has 2 atom stereocenters. The molecule has 1 aliphatic heterocycles. The third-order valence-corrected chi connectivity index (χ3v) is 5.06. The van der Waals surface area contributed by atoms with Gasteiger partial charge in [0.2, 0.25) is 0 Å². The molecule has 0 fully saturated rings. The van der Waals surface area contributed by atoms with E-state index in [0.717, 1.165) is 22.4 Å². The first-order valence-electron chi connectivity index (χ1n) is 9.04. The maximum absolute atomic E-state index is 13.3. The zero-order valence-electron chi connectivity index (χ0n) is 15.0. The van der Waals surface area contributed by atoms with Gasteiger partial charge in [0.05, 0.1) is 6.17 Å². The molecular formula is C22H23FN4. The number of para-hydroxylation sites is 1. The number of rotatable bonds is 4. The molecule has 5 heteroatoms. The lowest BCUT2D eigenvalue weighted by molar-refractivity contribution is 0.112. The van der Waals surface area contributed by atoms with Gasteiger partial charge in [-0.1, -0.05) is 60.7 Å². The van der Waals surface area contributed by atoms with E-state index in [1.54, 1.807) is 12.1 Å². The number of anilines is 1. The second-order valence-electron chi connectivity index (χ2n) is 6.83. The Kier molecular flexibility index (Phi) is 4.90. The highest BCUT2D eigenvalue weighted by Crippen LogP contribution is 2.36. The number of nitrogens with two attached hydrogens (primary N) is 2. The van der Waals surface area contributed by atoms with Crippen LogP contribution in [0.3, 0.4) is 0 Å². The van der Waals surface area contributed by atoms with Crippen molar-refractivity contribution in [3.63, 3.8) is 0 Å². The van der Waals surface area contributed by atoms with Gasteiger partial charge in [-0.3, -0.25) is 5.73 Å². The molecule has 0 aromatic heterocycles. The first-order chi connectivity index (χ1) is 13.1. The van der Waals surface area contributed by atoms with E-state index in [-0.39, 0.29) is 18.3 Å². The van der Waals surface area contributed by atoms with Gasteiger partial charge in [0.1, 0.15) is 12.1 Å². The molecule has 0 saturated heterocycles. The zero-order valence-corrected chi connectivity index (χ0v) is 15.0. The molecule has 27 heavy (non-hydrogen) atoms. The lowest BCUT2D eigenvalue weighted by Crippen LogP contribution is -2.59. The van der Waals surface area contributed by atoms with Gasteiger partial charge in [-0.05, 0) is 29.3 Å². The van der Waals surface area contributed by atoms with Crippen LogP contribution in [0.1, 0.15) is 22.9 Å². The summed E-state index contributed by atoms with van der Waals surface area (Å²) in [5, 5.41) is 0. The molecule has 0 aliphatic carbocycles. The normalized spacial score (nSPS) is 19.7. The topological polar surface area (TPSA) is 58.5 Å². The van der Waals surface area contributed by atoms with E-state index in [9.17, 15) is 4.39 Å². The summed E-state index contributed by atoms with van der Waals surface area (Å²) >= 11 is 0. The molecule has 4 nitrogen and oxygen atoms in total. The van der Waals surface area contributed by atoms with Crippen molar-refractivity contribution in [2.75, 3.05) is 4.90 Å². The molecule has 1 aliphatic rings. The highest BCUT2D eigenvalue weighted by atomic mass is 19.1. The molecule has 2 unspecified atom stereocenters. The van der Waals surface area contributed by atoms with Crippen molar-refractivity contribution in [2.45, 2.75) is 25.5 Å². The van der Waals surface area contributed by atoms with Gasteiger partial charge >= 0.3 is 0 Å². The predicted molar refractivity (Wildman–Crippen MR) is 106 cm³/mol. The Morgan fingerprint density at radius 3 is 2.11 bits per heavy atom. The smallest absolute Gasteiger partial charge is 0.136 e. The molecule has 0 saturated carbocycles. The Labute approximate surface area is 158 Å². The summed E-state index contributed by atoms with van der Waals surface area (Å²) in [6.45, 7) is 1.23. The Morgan fingerprint density at radius 2 is 1.37 bits per heavy atom. The van der Waals surface area contributed by atoms with Crippen LogP contribution in [0.25, 0.3) is 0 Å². The van der Waals surface area contributed by atoms with E-state index in [4.69, 9.17) is 11.5 Å². The number of hydrogen-bond acceptors (Lipinski definition) is 4. The largest absolute Gasteiger partial charge is 0.339 e. The lowest BCUT2D eigenvalue weighted by atomic mass is 10.0. The Morgan fingerprint density at radius 1 is 0.741 bits per heavy atom. The summed E-state index contributed by atoms with van der Waals surface area (Å²) in [6.07, 6.45) is -0.680. The third-order valence-electron chi connectivity index (χ3n) is 5.06. The van der Waals surface area contributed by atoms with Crippen molar-refractivity contribution >= 4 is 5.69 Å². The summed E-state index contributed by atoms with van der Waals surface area (Å²) in [5.41, 5.74) is 17.4. The molecule has 0 amide bonds. The molecular weight excluding hydrogens is 339 g/mol. The van der Waals surface area contributed by atoms with Gasteiger partial charge in [0, 0.05) is 24.3 Å². The summed E-state index contributed by atoms with van der Waals surface area (Å²) in [7, 11) is 0. The number of halogens is 1. The molecule has 4 rings (SSSR count). The first-order valence-corrected chi connectivity index (χ1v) is 9.04. The number of fused-ring (bicyclic) bond motifs is 1. The Balaban J connectivity index is 1.68. The minimum atomic E-state index is -0.389. The molecule has 0 radical (unpaired) electrons. The maximum Gasteiger partial charge on any atom is 0.136 e. The fraction of sp³-hybridized carbons (Fsp3) is 0.182. The SMILES string of the molecule is NC1c2ccccc2N(Cc2ccc(F)cc2)C(N)N1Cc1ccccc1. The monoisotopic (exact) mass is 362 g/mol. The van der Waals surface area contributed by atoms with Gasteiger partial charge < -0.3 is 10.6 Å². The van der Waals surface area contributed by atoms with Crippen molar-refractivity contribution in [1.82, 2.24) is 4.90 Å². The van der Waals surface area contributed by atoms with Gasteiger partial charge in [-0.2, -0.15) is 0 Å². The van der Waals surface area contributed by atoms with Crippen LogP contribution in [0.5, 0.6) is 0 Å². The fourth-order valence-electron chi connectivity index (χ4n) is 3.62. The van der Waals surface area contributed by atoms with Gasteiger partial charge in [0.15, 0.2) is 0 Å². The second kappa shape index (κ2) is 7.48. The quantitative estimate of drug-likeness (QED) is 0.745. The van der Waals surface area contributed by atoms with Crippen LogP contribution in [-0.4, -0.2) is 11.2 Å². The second-order valence-corrected chi connectivity index (χ2v) is 6.83. The fourth-order valence-corrected chi connectivity index (χ4v) is 3.62. The average Bonchev–Trinajstić information content (AvgIpc) is 2.71. The highest BCUT2D eigenvalue weighted by Gasteiger charge is 2.35. The zero-order chi connectivity index (χ0) is 18.8. The van der Waals surface area contributed by atoms with Crippen LogP contribution in [0.2, 0.25) is 0 Å². The van der Waals surface area contributed by atoms with Crippen molar-refractivity contribution < 1.29 is 4.39 Å². The molecule has 138 valence electrons. The molecule has 1 heterocycles. The van der Waals surface area contributed by atoms with E-state index >= 15 is 0 Å². The van der Waals surface area contributed by atoms with E-state index < -0.39 is 0 Å². The number of hydrogen-bond donors (Lipinski definition) is 2. The summed E-state index contributed by atoms with van der Waals surface area (Å²) in [4.78, 5) is 4.20. The van der Waals surface area contributed by atoms with Crippen LogP contribution in [0.4, 0.5) is 10.1 Å². The summed E-state index contributed by atoms with van der Waals surface area (Å²) in [5.74, 6) is -0.241. The number of nitrogens with zero attached hydrogens (tertiary/aromatic N) is 2. The molecule has 3 aromatic carbocycles. The van der Waals surface area contributed by atoms with E-state index in [1.165, 1.54) is 12.1 Å². The first kappa shape index (κ1) is 17.7. The van der Waals surface area contributed by atoms with Crippen LogP contribution in [0.15, 0.2) is 78.9 Å². The molecule has 3 aromatic rings. The predicted octanol–water partition coefficient (Wildman–Crippen LogP) is 3.55. The average molecular weight is 362 g/mol. The van der Waals surface area contributed by atoms with Crippen LogP contribution < -0.4 is 16.4 Å². The van der Waals surface area contributed by atoms with E-state index in [1.807, 2.05) is 42.5 Å². The van der Waals surface area contributed by atoms with Crippen molar-refractivity contribution in [2.24, 2.45) is 11.5 Å². The minimum Gasteiger partial charge on any atom is -0.339 e. The van der Waals surface area contributed by atoms with E-state index in [2.05, 4.69) is 21.9 Å². The maximum atomic E-state index is 13.3. The van der Waals surface area contributed by atoms with Crippen molar-refractivity contribution in [3.8, 4) is 0 Å². The van der Waals surface area contributed by atoms with Gasteiger partial charge in [-0.15, -0.1) is 0 Å². The van der Waals surface area contributed by atoms with Gasteiger partial charge in [-0.25, -0.2) is 9.29 Å². The van der Waals surface area contributed by atoms with Crippen LogP contribution >= 0.6 is 0 Å². The summed E-state index contributed by atoms with van der Waals surface area (Å²) < 4.78 is 13.3. The minimum absolute atomic E-state index is 0.241. The van der Waals surface area contributed by atoms with Crippen molar-refractivity contribution in [1.29, 1.82) is 0 Å². The lowest BCUT2D eigenvalue weighted by Gasteiger charge is -2.47. The number of benzene rings is 3. The Hall–Kier alpha value is -2.73. The van der Waals surface area contributed by atoms with E-state index in [0.29, 0.717) is 13.1 Å². The standard InChI is InChI=1S/C22H23FN4/c23-18-12-10-17(11-13-18)14-26-20-9-5-4-8-19(20)21(24)27(22(26)25)15-16-6-2-1-3-7-16/h1-13,21-22H,14-15,24-25H2. The Bertz CT molecular complexity index is 898. The molecule has 4 N–H and O–H groups in total. The third kappa shape index (κ3) is 3.57. The van der Waals surface area contributed by atoms with Crippen LogP contribution in [0, 0.1) is 5.82 Å². The van der Waals surface area contributed by atoms with Gasteiger partial charge in [0.25, 0.3) is 0 Å².